The second kappa shape index (κ2) is 5.85. The number of fused-ring (bicyclic) bond motifs is 1. The van der Waals surface area contributed by atoms with Gasteiger partial charge in [-0.1, -0.05) is 6.07 Å². The fraction of sp³-hybridized carbons (Fsp3) is 0.500. The van der Waals surface area contributed by atoms with E-state index in [4.69, 9.17) is 5.73 Å². The van der Waals surface area contributed by atoms with Crippen molar-refractivity contribution in [2.45, 2.75) is 38.6 Å². The van der Waals surface area contributed by atoms with Crippen LogP contribution in [0, 0.1) is 6.92 Å². The number of rotatable bonds is 3. The molecule has 1 amide bonds. The van der Waals surface area contributed by atoms with Gasteiger partial charge in [-0.3, -0.25) is 9.89 Å². The van der Waals surface area contributed by atoms with E-state index in [1.54, 1.807) is 0 Å². The first-order valence-corrected chi connectivity index (χ1v) is 7.62. The van der Waals surface area contributed by atoms with Crippen molar-refractivity contribution < 1.29 is 4.79 Å². The van der Waals surface area contributed by atoms with Crippen LogP contribution in [0.5, 0.6) is 0 Å². The average Bonchev–Trinajstić information content (AvgIpc) is 2.96. The molecule has 21 heavy (non-hydrogen) atoms. The minimum atomic E-state index is -0.452. The molecule has 1 aliphatic heterocycles. The summed E-state index contributed by atoms with van der Waals surface area (Å²) in [6.45, 7) is 3.75. The maximum Gasteiger partial charge on any atom is 0.239 e. The molecule has 3 N–H and O–H groups in total. The Hall–Kier alpha value is -1.88. The van der Waals surface area contributed by atoms with Crippen LogP contribution < -0.4 is 5.73 Å². The number of H-pyrrole nitrogens is 1. The molecule has 0 saturated carbocycles. The van der Waals surface area contributed by atoms with Gasteiger partial charge in [-0.2, -0.15) is 5.10 Å². The average molecular weight is 286 g/mol. The maximum absolute atomic E-state index is 12.4. The second-order valence-electron chi connectivity index (χ2n) is 5.94. The van der Waals surface area contributed by atoms with Crippen molar-refractivity contribution in [3.8, 4) is 0 Å². The molecule has 3 rings (SSSR count). The first-order valence-electron chi connectivity index (χ1n) is 7.62. The number of carbonyl (C=O) groups is 1. The molecule has 1 unspecified atom stereocenters. The smallest absolute Gasteiger partial charge is 0.239 e. The Morgan fingerprint density at radius 3 is 2.90 bits per heavy atom. The lowest BCUT2D eigenvalue weighted by atomic mass is 10.0. The Labute approximate surface area is 124 Å². The van der Waals surface area contributed by atoms with Gasteiger partial charge in [0.2, 0.25) is 5.91 Å². The van der Waals surface area contributed by atoms with Gasteiger partial charge in [0.1, 0.15) is 0 Å². The standard InChI is InChI=1S/C16H22N4O/c1-11-7-12(8-13-10-18-19-15(11)13)9-14(17)16(21)20-5-3-2-4-6-20/h7-8,10,14H,2-6,9,17H2,1H3,(H,18,19). The fourth-order valence-corrected chi connectivity index (χ4v) is 3.12. The van der Waals surface area contributed by atoms with Crippen molar-refractivity contribution in [2.24, 2.45) is 5.73 Å². The summed E-state index contributed by atoms with van der Waals surface area (Å²) in [6.07, 6.45) is 5.80. The quantitative estimate of drug-likeness (QED) is 0.902. The zero-order chi connectivity index (χ0) is 14.8. The van der Waals surface area contributed by atoms with Crippen LogP contribution in [0.4, 0.5) is 0 Å². The number of amides is 1. The van der Waals surface area contributed by atoms with Crippen LogP contribution in [0.25, 0.3) is 10.9 Å². The first-order chi connectivity index (χ1) is 10.1. The number of aromatic amines is 1. The molecule has 5 heteroatoms. The number of hydrogen-bond acceptors (Lipinski definition) is 3. The van der Waals surface area contributed by atoms with Crippen molar-refractivity contribution in [3.05, 3.63) is 29.5 Å². The summed E-state index contributed by atoms with van der Waals surface area (Å²) in [4.78, 5) is 14.3. The molecule has 1 aromatic carbocycles. The number of aromatic nitrogens is 2. The first kappa shape index (κ1) is 14.1. The lowest BCUT2D eigenvalue weighted by Crippen LogP contribution is -2.46. The normalized spacial score (nSPS) is 17.1. The van der Waals surface area contributed by atoms with Crippen LogP contribution in [0.2, 0.25) is 0 Å². The van der Waals surface area contributed by atoms with E-state index in [0.717, 1.165) is 48.0 Å². The number of hydrogen-bond donors (Lipinski definition) is 2. The molecular formula is C16H22N4O. The lowest BCUT2D eigenvalue weighted by molar-refractivity contribution is -0.133. The third-order valence-corrected chi connectivity index (χ3v) is 4.25. The molecule has 2 aromatic rings. The largest absolute Gasteiger partial charge is 0.341 e. The Morgan fingerprint density at radius 2 is 2.14 bits per heavy atom. The Morgan fingerprint density at radius 1 is 1.38 bits per heavy atom. The van der Waals surface area contributed by atoms with Gasteiger partial charge < -0.3 is 10.6 Å². The SMILES string of the molecule is Cc1cc(CC(N)C(=O)N2CCCCC2)cc2cn[nH]c12. The minimum absolute atomic E-state index is 0.0830. The summed E-state index contributed by atoms with van der Waals surface area (Å²) in [6, 6.07) is 3.70. The van der Waals surface area contributed by atoms with E-state index < -0.39 is 6.04 Å². The van der Waals surface area contributed by atoms with Crippen molar-refractivity contribution in [1.82, 2.24) is 15.1 Å². The van der Waals surface area contributed by atoms with Gasteiger partial charge >= 0.3 is 0 Å². The minimum Gasteiger partial charge on any atom is -0.341 e. The molecular weight excluding hydrogens is 264 g/mol. The molecule has 5 nitrogen and oxygen atoms in total. The number of likely N-dealkylation sites (tertiary alicyclic amines) is 1. The topological polar surface area (TPSA) is 75.0 Å². The van der Waals surface area contributed by atoms with E-state index in [2.05, 4.69) is 22.3 Å². The summed E-state index contributed by atoms with van der Waals surface area (Å²) in [5, 5.41) is 8.12. The zero-order valence-corrected chi connectivity index (χ0v) is 12.4. The number of nitrogens with zero attached hydrogens (tertiary/aromatic N) is 2. The number of nitrogens with two attached hydrogens (primary N) is 1. The lowest BCUT2D eigenvalue weighted by Gasteiger charge is -2.29. The third-order valence-electron chi connectivity index (χ3n) is 4.25. The van der Waals surface area contributed by atoms with Crippen LogP contribution in [0.1, 0.15) is 30.4 Å². The molecule has 0 radical (unpaired) electrons. The van der Waals surface area contributed by atoms with E-state index in [9.17, 15) is 4.79 Å². The summed E-state index contributed by atoms with van der Waals surface area (Å²) < 4.78 is 0. The number of aryl methyl sites for hydroxylation is 1. The highest BCUT2D eigenvalue weighted by Gasteiger charge is 2.22. The summed E-state index contributed by atoms with van der Waals surface area (Å²) in [7, 11) is 0. The molecule has 0 spiro atoms. The highest BCUT2D eigenvalue weighted by Crippen LogP contribution is 2.19. The molecule has 1 saturated heterocycles. The third kappa shape index (κ3) is 2.93. The van der Waals surface area contributed by atoms with Gasteiger partial charge in [0.05, 0.1) is 17.8 Å². The van der Waals surface area contributed by atoms with Gasteiger partial charge in [0.15, 0.2) is 0 Å². The van der Waals surface area contributed by atoms with Crippen LogP contribution >= 0.6 is 0 Å². The van der Waals surface area contributed by atoms with Gasteiger partial charge in [0, 0.05) is 18.5 Å². The second-order valence-corrected chi connectivity index (χ2v) is 5.94. The van der Waals surface area contributed by atoms with E-state index in [0.29, 0.717) is 6.42 Å². The van der Waals surface area contributed by atoms with Crippen molar-refractivity contribution in [3.63, 3.8) is 0 Å². The maximum atomic E-state index is 12.4. The highest BCUT2D eigenvalue weighted by atomic mass is 16.2. The van der Waals surface area contributed by atoms with Crippen molar-refractivity contribution in [2.75, 3.05) is 13.1 Å². The molecule has 0 aliphatic carbocycles. The Balaban J connectivity index is 1.73. The molecule has 0 bridgehead atoms. The molecule has 1 aliphatic rings. The summed E-state index contributed by atoms with van der Waals surface area (Å²) in [5.74, 6) is 0.0830. The van der Waals surface area contributed by atoms with Gasteiger partial charge in [-0.25, -0.2) is 0 Å². The van der Waals surface area contributed by atoms with E-state index in [-0.39, 0.29) is 5.91 Å². The number of carbonyl (C=O) groups excluding carboxylic acids is 1. The predicted octanol–water partition coefficient (Wildman–Crippen LogP) is 1.75. The van der Waals surface area contributed by atoms with Crippen LogP contribution in [0.3, 0.4) is 0 Å². The Kier molecular flexibility index (Phi) is 3.92. The van der Waals surface area contributed by atoms with E-state index >= 15 is 0 Å². The van der Waals surface area contributed by atoms with Gasteiger partial charge in [-0.05, 0) is 49.8 Å². The number of nitrogens with one attached hydrogen (secondary N) is 1. The van der Waals surface area contributed by atoms with Crippen molar-refractivity contribution >= 4 is 16.8 Å². The summed E-state index contributed by atoms with van der Waals surface area (Å²) in [5.41, 5.74) is 9.42. The fourth-order valence-electron chi connectivity index (χ4n) is 3.12. The van der Waals surface area contributed by atoms with E-state index in [1.807, 2.05) is 18.0 Å². The molecule has 1 atom stereocenters. The highest BCUT2D eigenvalue weighted by molar-refractivity contribution is 5.84. The Bertz CT molecular complexity index is 643. The predicted molar refractivity (Wildman–Crippen MR) is 82.9 cm³/mol. The molecule has 1 fully saturated rings. The number of piperidine rings is 1. The van der Waals surface area contributed by atoms with Gasteiger partial charge in [-0.15, -0.1) is 0 Å². The van der Waals surface area contributed by atoms with Crippen LogP contribution in [-0.2, 0) is 11.2 Å². The zero-order valence-electron chi connectivity index (χ0n) is 12.4. The molecule has 2 heterocycles. The summed E-state index contributed by atoms with van der Waals surface area (Å²) >= 11 is 0. The van der Waals surface area contributed by atoms with E-state index in [1.165, 1.54) is 6.42 Å². The molecule has 1 aromatic heterocycles. The van der Waals surface area contributed by atoms with Crippen LogP contribution in [-0.4, -0.2) is 40.1 Å². The van der Waals surface area contributed by atoms with Crippen LogP contribution in [0.15, 0.2) is 18.3 Å². The molecule has 112 valence electrons. The van der Waals surface area contributed by atoms with Gasteiger partial charge in [0.25, 0.3) is 0 Å². The van der Waals surface area contributed by atoms with Crippen molar-refractivity contribution in [1.29, 1.82) is 0 Å². The number of benzene rings is 1. The monoisotopic (exact) mass is 286 g/mol.